The average molecular weight is 354 g/mol. The van der Waals surface area contributed by atoms with Crippen molar-refractivity contribution in [2.24, 2.45) is 0 Å². The summed E-state index contributed by atoms with van der Waals surface area (Å²) in [6.45, 7) is 5.00. The lowest BCUT2D eigenvalue weighted by Crippen LogP contribution is -2.53. The molecule has 1 aliphatic rings. The molecule has 1 aromatic rings. The van der Waals surface area contributed by atoms with Crippen molar-refractivity contribution in [3.05, 3.63) is 34.3 Å². The van der Waals surface area contributed by atoms with E-state index in [0.29, 0.717) is 38.3 Å². The summed E-state index contributed by atoms with van der Waals surface area (Å²) < 4.78 is 0.804. The van der Waals surface area contributed by atoms with Crippen molar-refractivity contribution in [1.82, 2.24) is 15.1 Å². The Morgan fingerprint density at radius 2 is 1.76 bits per heavy atom. The van der Waals surface area contributed by atoms with Crippen LogP contribution in [0.5, 0.6) is 0 Å². The van der Waals surface area contributed by atoms with Gasteiger partial charge < -0.3 is 15.1 Å². The molecule has 2 rings (SSSR count). The molecule has 0 aromatic heterocycles. The molecule has 5 nitrogen and oxygen atoms in total. The highest BCUT2D eigenvalue weighted by Gasteiger charge is 2.25. The van der Waals surface area contributed by atoms with Gasteiger partial charge in [-0.1, -0.05) is 19.1 Å². The van der Waals surface area contributed by atoms with E-state index in [-0.39, 0.29) is 11.9 Å². The number of hydrogen-bond acceptors (Lipinski definition) is 2. The number of benzene rings is 1. The number of nitrogens with one attached hydrogen (secondary N) is 1. The number of halogens is 1. The fourth-order valence-corrected chi connectivity index (χ4v) is 2.72. The lowest BCUT2D eigenvalue weighted by molar-refractivity contribution is 0.0664. The lowest BCUT2D eigenvalue weighted by atomic mass is 10.2. The van der Waals surface area contributed by atoms with Gasteiger partial charge in [0, 0.05) is 37.2 Å². The Balaban J connectivity index is 1.91. The minimum absolute atomic E-state index is 0.0103. The number of hydrogen-bond donors (Lipinski definition) is 1. The number of rotatable bonds is 3. The van der Waals surface area contributed by atoms with Gasteiger partial charge in [0.1, 0.15) is 0 Å². The molecule has 0 radical (unpaired) electrons. The van der Waals surface area contributed by atoms with Gasteiger partial charge in [-0.3, -0.25) is 4.79 Å². The first kappa shape index (κ1) is 15.8. The van der Waals surface area contributed by atoms with Crippen molar-refractivity contribution in [2.45, 2.75) is 13.3 Å². The smallest absolute Gasteiger partial charge is 0.317 e. The molecule has 114 valence electrons. The Morgan fingerprint density at radius 1 is 1.14 bits per heavy atom. The first-order valence-electron chi connectivity index (χ1n) is 7.20. The zero-order valence-corrected chi connectivity index (χ0v) is 13.7. The Kier molecular flexibility index (Phi) is 5.61. The molecule has 0 saturated carbocycles. The van der Waals surface area contributed by atoms with Crippen molar-refractivity contribution in [3.63, 3.8) is 0 Å². The van der Waals surface area contributed by atoms with Gasteiger partial charge in [0.15, 0.2) is 0 Å². The predicted octanol–water partition coefficient (Wildman–Crippen LogP) is 2.33. The SMILES string of the molecule is CCCNC(=O)N1CCN(C(=O)c2ccccc2Br)CC1. The van der Waals surface area contributed by atoms with E-state index in [1.165, 1.54) is 0 Å². The zero-order valence-electron chi connectivity index (χ0n) is 12.1. The minimum atomic E-state index is -0.0372. The van der Waals surface area contributed by atoms with Crippen LogP contribution in [0.4, 0.5) is 4.79 Å². The van der Waals surface area contributed by atoms with Crippen molar-refractivity contribution in [2.75, 3.05) is 32.7 Å². The molecule has 21 heavy (non-hydrogen) atoms. The van der Waals surface area contributed by atoms with Gasteiger partial charge in [0.05, 0.1) is 5.56 Å². The third kappa shape index (κ3) is 3.97. The molecule has 6 heteroatoms. The molecule has 0 bridgehead atoms. The van der Waals surface area contributed by atoms with E-state index >= 15 is 0 Å². The van der Waals surface area contributed by atoms with E-state index in [0.717, 1.165) is 10.9 Å². The molecular formula is C15H20BrN3O2. The minimum Gasteiger partial charge on any atom is -0.338 e. The molecule has 0 unspecified atom stereocenters. The van der Waals surface area contributed by atoms with E-state index in [9.17, 15) is 9.59 Å². The van der Waals surface area contributed by atoms with Gasteiger partial charge in [0.2, 0.25) is 0 Å². The van der Waals surface area contributed by atoms with Crippen molar-refractivity contribution >= 4 is 27.9 Å². The van der Waals surface area contributed by atoms with E-state index in [4.69, 9.17) is 0 Å². The van der Waals surface area contributed by atoms with Gasteiger partial charge in [-0.05, 0) is 34.5 Å². The monoisotopic (exact) mass is 353 g/mol. The molecule has 1 saturated heterocycles. The maximum Gasteiger partial charge on any atom is 0.317 e. The number of urea groups is 1. The summed E-state index contributed by atoms with van der Waals surface area (Å²) in [6.07, 6.45) is 0.923. The molecular weight excluding hydrogens is 334 g/mol. The van der Waals surface area contributed by atoms with Crippen molar-refractivity contribution in [1.29, 1.82) is 0 Å². The summed E-state index contributed by atoms with van der Waals surface area (Å²) in [4.78, 5) is 27.9. The molecule has 3 amide bonds. The molecule has 1 heterocycles. The standard InChI is InChI=1S/C15H20BrN3O2/c1-2-7-17-15(21)19-10-8-18(9-11-19)14(20)12-5-3-4-6-13(12)16/h3-6H,2,7-11H2,1H3,(H,17,21). The molecule has 0 atom stereocenters. The largest absolute Gasteiger partial charge is 0.338 e. The van der Waals surface area contributed by atoms with Crippen LogP contribution in [0, 0.1) is 0 Å². The predicted molar refractivity (Wildman–Crippen MR) is 85.3 cm³/mol. The highest BCUT2D eigenvalue weighted by atomic mass is 79.9. The normalized spacial score (nSPS) is 15.0. The van der Waals surface area contributed by atoms with Crippen LogP contribution in [-0.2, 0) is 0 Å². The fraction of sp³-hybridized carbons (Fsp3) is 0.467. The molecule has 1 fully saturated rings. The van der Waals surface area contributed by atoms with Gasteiger partial charge in [-0.25, -0.2) is 4.79 Å². The zero-order chi connectivity index (χ0) is 15.2. The summed E-state index contributed by atoms with van der Waals surface area (Å²) in [5.41, 5.74) is 0.668. The molecule has 1 N–H and O–H groups in total. The maximum atomic E-state index is 12.4. The van der Waals surface area contributed by atoms with E-state index in [1.54, 1.807) is 9.80 Å². The van der Waals surface area contributed by atoms with E-state index in [2.05, 4.69) is 21.2 Å². The van der Waals surface area contributed by atoms with E-state index < -0.39 is 0 Å². The Hall–Kier alpha value is -1.56. The average Bonchev–Trinajstić information content (AvgIpc) is 2.52. The number of carbonyl (C=O) groups is 2. The van der Waals surface area contributed by atoms with Gasteiger partial charge in [-0.15, -0.1) is 0 Å². The highest BCUT2D eigenvalue weighted by Crippen LogP contribution is 2.18. The summed E-state index contributed by atoms with van der Waals surface area (Å²) in [5.74, 6) is 0.0103. The summed E-state index contributed by atoms with van der Waals surface area (Å²) >= 11 is 3.41. The second-order valence-electron chi connectivity index (χ2n) is 4.99. The lowest BCUT2D eigenvalue weighted by Gasteiger charge is -2.34. The van der Waals surface area contributed by atoms with Crippen LogP contribution < -0.4 is 5.32 Å². The third-order valence-corrected chi connectivity index (χ3v) is 4.18. The number of nitrogens with zero attached hydrogens (tertiary/aromatic N) is 2. The molecule has 0 aliphatic carbocycles. The fourth-order valence-electron chi connectivity index (χ4n) is 2.26. The Morgan fingerprint density at radius 3 is 2.38 bits per heavy atom. The van der Waals surface area contributed by atoms with Crippen LogP contribution in [-0.4, -0.2) is 54.5 Å². The van der Waals surface area contributed by atoms with Crippen LogP contribution in [0.25, 0.3) is 0 Å². The quantitative estimate of drug-likeness (QED) is 0.906. The van der Waals surface area contributed by atoms with Crippen LogP contribution in [0.3, 0.4) is 0 Å². The van der Waals surface area contributed by atoms with Crippen LogP contribution in [0.2, 0.25) is 0 Å². The van der Waals surface area contributed by atoms with Crippen LogP contribution >= 0.6 is 15.9 Å². The summed E-state index contributed by atoms with van der Waals surface area (Å²) in [5, 5.41) is 2.86. The summed E-state index contributed by atoms with van der Waals surface area (Å²) in [7, 11) is 0. The van der Waals surface area contributed by atoms with Crippen LogP contribution in [0.15, 0.2) is 28.7 Å². The Bertz CT molecular complexity index is 513. The van der Waals surface area contributed by atoms with Crippen molar-refractivity contribution < 1.29 is 9.59 Å². The molecule has 1 aromatic carbocycles. The highest BCUT2D eigenvalue weighted by molar-refractivity contribution is 9.10. The number of carbonyl (C=O) groups excluding carboxylic acids is 2. The first-order chi connectivity index (χ1) is 10.1. The maximum absolute atomic E-state index is 12.4. The second-order valence-corrected chi connectivity index (χ2v) is 5.85. The van der Waals surface area contributed by atoms with Gasteiger partial charge in [0.25, 0.3) is 5.91 Å². The van der Waals surface area contributed by atoms with Gasteiger partial charge >= 0.3 is 6.03 Å². The van der Waals surface area contributed by atoms with Crippen LogP contribution in [0.1, 0.15) is 23.7 Å². The van der Waals surface area contributed by atoms with E-state index in [1.807, 2.05) is 31.2 Å². The van der Waals surface area contributed by atoms with Gasteiger partial charge in [-0.2, -0.15) is 0 Å². The molecule has 0 spiro atoms. The summed E-state index contributed by atoms with van der Waals surface area (Å²) in [6, 6.07) is 7.38. The first-order valence-corrected chi connectivity index (χ1v) is 7.99. The third-order valence-electron chi connectivity index (χ3n) is 3.48. The van der Waals surface area contributed by atoms with Crippen molar-refractivity contribution in [3.8, 4) is 0 Å². The number of amides is 3. The second kappa shape index (κ2) is 7.45. The topological polar surface area (TPSA) is 52.7 Å². The Labute approximate surface area is 133 Å². The number of piperazine rings is 1. The molecule has 1 aliphatic heterocycles.